The van der Waals surface area contributed by atoms with Crippen LogP contribution in [0.3, 0.4) is 0 Å². The fourth-order valence-corrected chi connectivity index (χ4v) is 5.53. The highest BCUT2D eigenvalue weighted by Crippen LogP contribution is 2.14. The van der Waals surface area contributed by atoms with Gasteiger partial charge in [0.15, 0.2) is 6.10 Å². The topological polar surface area (TPSA) is 108 Å². The van der Waals surface area contributed by atoms with Crippen LogP contribution in [0.25, 0.3) is 0 Å². The van der Waals surface area contributed by atoms with Crippen LogP contribution in [0, 0.1) is 0 Å². The molecule has 0 heterocycles. The van der Waals surface area contributed by atoms with Crippen LogP contribution in [0.5, 0.6) is 0 Å². The standard InChI is InChI=1S/C45H79NO8/c1-6-8-10-12-14-16-18-20-22-24-26-28-30-32-34-36-43(48)54-41(40-53-45(44(49)50)51-38-37-46(3,4)5)39-52-42(47)35-33-31-29-27-25-23-21-19-17-15-13-11-9-7-2/h8,10,14,16,20,22,26,28,41,45H,6-7,9,11-13,15,17-19,21,23-25,27,29-40H2,1-5H3/p+1/b10-8-,16-14-,22-20-,28-26-. The molecule has 0 aromatic carbocycles. The van der Waals surface area contributed by atoms with Crippen LogP contribution in [-0.4, -0.2) is 87.4 Å². The molecule has 2 atom stereocenters. The van der Waals surface area contributed by atoms with Crippen LogP contribution < -0.4 is 0 Å². The van der Waals surface area contributed by atoms with Gasteiger partial charge in [-0.2, -0.15) is 0 Å². The number of hydrogen-bond donors (Lipinski definition) is 1. The first-order valence-electron chi connectivity index (χ1n) is 21.3. The largest absolute Gasteiger partial charge is 0.477 e. The number of carbonyl (C=O) groups is 3. The van der Waals surface area contributed by atoms with Crippen molar-refractivity contribution in [3.05, 3.63) is 48.6 Å². The Kier molecular flexibility index (Phi) is 35.3. The number of aliphatic carboxylic acids is 1. The maximum absolute atomic E-state index is 12.7. The maximum Gasteiger partial charge on any atom is 0.361 e. The minimum atomic E-state index is -1.52. The van der Waals surface area contributed by atoms with Crippen LogP contribution in [-0.2, 0) is 33.3 Å². The number of carboxylic acid groups (broad SMARTS) is 1. The number of unbranched alkanes of at least 4 members (excludes halogenated alkanes) is 15. The molecule has 0 aliphatic heterocycles. The van der Waals surface area contributed by atoms with Gasteiger partial charge in [0.05, 0.1) is 34.4 Å². The summed E-state index contributed by atoms with van der Waals surface area (Å²) in [6.07, 6.45) is 38.9. The molecule has 54 heavy (non-hydrogen) atoms. The summed E-state index contributed by atoms with van der Waals surface area (Å²) < 4.78 is 22.6. The van der Waals surface area contributed by atoms with E-state index in [0.29, 0.717) is 23.9 Å². The molecule has 0 aliphatic carbocycles. The third-order valence-corrected chi connectivity index (χ3v) is 8.85. The zero-order valence-corrected chi connectivity index (χ0v) is 35.1. The van der Waals surface area contributed by atoms with E-state index in [1.54, 1.807) is 0 Å². The minimum absolute atomic E-state index is 0.179. The first-order chi connectivity index (χ1) is 26.1. The monoisotopic (exact) mass is 763 g/mol. The maximum atomic E-state index is 12.7. The van der Waals surface area contributed by atoms with Gasteiger partial charge in [-0.05, 0) is 51.4 Å². The van der Waals surface area contributed by atoms with Crippen molar-refractivity contribution in [1.82, 2.24) is 0 Å². The van der Waals surface area contributed by atoms with E-state index in [2.05, 4.69) is 62.5 Å². The van der Waals surface area contributed by atoms with E-state index in [4.69, 9.17) is 18.9 Å². The molecular formula is C45H80NO8+. The first-order valence-corrected chi connectivity index (χ1v) is 21.3. The van der Waals surface area contributed by atoms with Crippen molar-refractivity contribution in [1.29, 1.82) is 0 Å². The molecule has 0 aliphatic rings. The van der Waals surface area contributed by atoms with Gasteiger partial charge in [-0.1, -0.05) is 146 Å². The number of carboxylic acids is 1. The highest BCUT2D eigenvalue weighted by molar-refractivity contribution is 5.71. The Bertz CT molecular complexity index is 1030. The molecule has 9 nitrogen and oxygen atoms in total. The molecule has 0 aromatic heterocycles. The molecule has 0 bridgehead atoms. The molecule has 0 amide bonds. The lowest BCUT2D eigenvalue weighted by atomic mass is 10.0. The van der Waals surface area contributed by atoms with E-state index in [1.165, 1.54) is 70.6 Å². The molecule has 0 spiro atoms. The lowest BCUT2D eigenvalue weighted by Gasteiger charge is -2.25. The number of quaternary nitrogens is 1. The lowest BCUT2D eigenvalue weighted by Crippen LogP contribution is -2.40. The van der Waals surface area contributed by atoms with Crippen molar-refractivity contribution in [3.63, 3.8) is 0 Å². The quantitative estimate of drug-likeness (QED) is 0.0218. The predicted molar refractivity (Wildman–Crippen MR) is 221 cm³/mol. The summed E-state index contributed by atoms with van der Waals surface area (Å²) in [5.74, 6) is -2.07. The third-order valence-electron chi connectivity index (χ3n) is 8.85. The summed E-state index contributed by atoms with van der Waals surface area (Å²) in [5.41, 5.74) is 0. The van der Waals surface area contributed by atoms with E-state index in [0.717, 1.165) is 57.8 Å². The average molecular weight is 763 g/mol. The first kappa shape index (κ1) is 51.2. The summed E-state index contributed by atoms with van der Waals surface area (Å²) in [5, 5.41) is 9.61. The Labute approximate surface area is 330 Å². The van der Waals surface area contributed by atoms with E-state index in [-0.39, 0.29) is 32.2 Å². The molecule has 9 heteroatoms. The van der Waals surface area contributed by atoms with Crippen LogP contribution in [0.15, 0.2) is 48.6 Å². The number of ether oxygens (including phenoxy) is 4. The van der Waals surface area contributed by atoms with Gasteiger partial charge in [0.25, 0.3) is 6.29 Å². The second-order valence-corrected chi connectivity index (χ2v) is 15.3. The van der Waals surface area contributed by atoms with Gasteiger partial charge in [-0.15, -0.1) is 0 Å². The van der Waals surface area contributed by atoms with Gasteiger partial charge in [0, 0.05) is 12.8 Å². The van der Waals surface area contributed by atoms with Crippen molar-refractivity contribution in [2.75, 3.05) is 47.5 Å². The van der Waals surface area contributed by atoms with E-state index in [9.17, 15) is 19.5 Å². The Hall–Kier alpha value is -2.75. The highest BCUT2D eigenvalue weighted by atomic mass is 16.7. The summed E-state index contributed by atoms with van der Waals surface area (Å²) in [6.45, 7) is 4.69. The second kappa shape index (κ2) is 37.2. The number of carbonyl (C=O) groups excluding carboxylic acids is 2. The third kappa shape index (κ3) is 37.6. The van der Waals surface area contributed by atoms with Crippen molar-refractivity contribution >= 4 is 17.9 Å². The van der Waals surface area contributed by atoms with Gasteiger partial charge < -0.3 is 28.5 Å². The minimum Gasteiger partial charge on any atom is -0.477 e. The Morgan fingerprint density at radius 1 is 0.574 bits per heavy atom. The van der Waals surface area contributed by atoms with Crippen LogP contribution >= 0.6 is 0 Å². The molecule has 312 valence electrons. The zero-order valence-electron chi connectivity index (χ0n) is 35.1. The van der Waals surface area contributed by atoms with Crippen molar-refractivity contribution < 1.29 is 42.9 Å². The van der Waals surface area contributed by atoms with E-state index >= 15 is 0 Å². The molecule has 1 N–H and O–H groups in total. The SMILES string of the molecule is CC/C=C\C/C=C\C/C=C\C/C=C\CCCCC(=O)OC(COC(=O)CCCCCCCCCCCCCCCC)COC(OCC[N+](C)(C)C)C(=O)O. The summed E-state index contributed by atoms with van der Waals surface area (Å²) in [6, 6.07) is 0. The molecule has 0 radical (unpaired) electrons. The Balaban J connectivity index is 4.55. The van der Waals surface area contributed by atoms with Gasteiger partial charge in [0.2, 0.25) is 0 Å². The molecule has 0 saturated heterocycles. The molecule has 0 saturated carbocycles. The van der Waals surface area contributed by atoms with E-state index < -0.39 is 24.3 Å². The van der Waals surface area contributed by atoms with E-state index in [1.807, 2.05) is 21.1 Å². The number of esters is 2. The normalized spacial score (nSPS) is 13.4. The number of nitrogens with zero attached hydrogens (tertiary/aromatic N) is 1. The van der Waals surface area contributed by atoms with Crippen molar-refractivity contribution in [3.8, 4) is 0 Å². The fourth-order valence-electron chi connectivity index (χ4n) is 5.53. The van der Waals surface area contributed by atoms with Crippen molar-refractivity contribution in [2.45, 2.75) is 174 Å². The van der Waals surface area contributed by atoms with Gasteiger partial charge >= 0.3 is 17.9 Å². The molecule has 0 fully saturated rings. The average Bonchev–Trinajstić information content (AvgIpc) is 3.12. The molecule has 2 unspecified atom stereocenters. The Morgan fingerprint density at radius 2 is 1.06 bits per heavy atom. The Morgan fingerprint density at radius 3 is 1.57 bits per heavy atom. The smallest absolute Gasteiger partial charge is 0.361 e. The van der Waals surface area contributed by atoms with Gasteiger partial charge in [-0.3, -0.25) is 9.59 Å². The fraction of sp³-hybridized carbons (Fsp3) is 0.756. The van der Waals surface area contributed by atoms with Gasteiger partial charge in [0.1, 0.15) is 13.2 Å². The van der Waals surface area contributed by atoms with Crippen LogP contribution in [0.1, 0.15) is 162 Å². The number of likely N-dealkylation sites (N-methyl/N-ethyl adjacent to an activating group) is 1. The number of rotatable bonds is 38. The van der Waals surface area contributed by atoms with Crippen molar-refractivity contribution in [2.24, 2.45) is 0 Å². The summed E-state index contributed by atoms with van der Waals surface area (Å²) in [4.78, 5) is 37.0. The number of hydrogen-bond acceptors (Lipinski definition) is 7. The van der Waals surface area contributed by atoms with Gasteiger partial charge in [-0.25, -0.2) is 4.79 Å². The summed E-state index contributed by atoms with van der Waals surface area (Å²) >= 11 is 0. The number of allylic oxidation sites excluding steroid dienone is 8. The zero-order chi connectivity index (χ0) is 40.0. The molecule has 0 rings (SSSR count). The highest BCUT2D eigenvalue weighted by Gasteiger charge is 2.25. The summed E-state index contributed by atoms with van der Waals surface area (Å²) in [7, 11) is 5.93. The van der Waals surface area contributed by atoms with Crippen LogP contribution in [0.2, 0.25) is 0 Å². The predicted octanol–water partition coefficient (Wildman–Crippen LogP) is 10.8. The van der Waals surface area contributed by atoms with Crippen LogP contribution in [0.4, 0.5) is 0 Å². The lowest BCUT2D eigenvalue weighted by molar-refractivity contribution is -0.870. The molecular weight excluding hydrogens is 682 g/mol. The second-order valence-electron chi connectivity index (χ2n) is 15.3. The molecule has 0 aromatic rings.